The summed E-state index contributed by atoms with van der Waals surface area (Å²) in [6.45, 7) is 8.34. The number of nitrogens with one attached hydrogen (secondary N) is 1. The average Bonchev–Trinajstić information content (AvgIpc) is 2.38. The highest BCUT2D eigenvalue weighted by Crippen LogP contribution is 2.27. The molecule has 0 aliphatic rings. The predicted octanol–water partition coefficient (Wildman–Crippen LogP) is 3.32. The van der Waals surface area contributed by atoms with Gasteiger partial charge in [0.25, 0.3) is 0 Å². The number of sulfonamides is 1. The number of hydrogen-bond acceptors (Lipinski definition) is 3. The molecule has 0 heterocycles. The molecule has 0 saturated heterocycles. The monoisotopic (exact) mass is 376 g/mol. The minimum absolute atomic E-state index is 0.0915. The Morgan fingerprint density at radius 2 is 1.86 bits per heavy atom. The molecule has 120 valence electrons. The molecule has 1 atom stereocenters. The first-order chi connectivity index (χ1) is 9.67. The lowest BCUT2D eigenvalue weighted by molar-refractivity contribution is 0.485. The zero-order chi connectivity index (χ0) is 16.2. The highest BCUT2D eigenvalue weighted by atomic mass is 79.9. The van der Waals surface area contributed by atoms with Crippen molar-refractivity contribution in [3.8, 4) is 0 Å². The van der Waals surface area contributed by atoms with Crippen molar-refractivity contribution in [3.05, 3.63) is 27.7 Å². The third-order valence-electron chi connectivity index (χ3n) is 3.34. The molecule has 0 aliphatic carbocycles. The fourth-order valence-electron chi connectivity index (χ4n) is 2.09. The molecule has 1 rings (SSSR count). The molecular weight excluding hydrogens is 352 g/mol. The molecule has 0 aromatic heterocycles. The molecule has 4 nitrogen and oxygen atoms in total. The van der Waals surface area contributed by atoms with Gasteiger partial charge in [-0.25, -0.2) is 13.1 Å². The van der Waals surface area contributed by atoms with Crippen LogP contribution < -0.4 is 10.5 Å². The van der Waals surface area contributed by atoms with Crippen LogP contribution in [-0.2, 0) is 16.6 Å². The van der Waals surface area contributed by atoms with Crippen LogP contribution in [0, 0.1) is 12.8 Å². The van der Waals surface area contributed by atoms with Crippen molar-refractivity contribution in [2.45, 2.75) is 58.0 Å². The summed E-state index contributed by atoms with van der Waals surface area (Å²) >= 11 is 3.37. The second-order valence-corrected chi connectivity index (χ2v) is 8.40. The van der Waals surface area contributed by atoms with Crippen LogP contribution in [-0.4, -0.2) is 14.5 Å². The Hall–Kier alpha value is -0.430. The van der Waals surface area contributed by atoms with E-state index in [-0.39, 0.29) is 10.9 Å². The highest BCUT2D eigenvalue weighted by Gasteiger charge is 2.22. The normalized spacial score (nSPS) is 13.7. The molecule has 0 bridgehead atoms. The van der Waals surface area contributed by atoms with E-state index in [1.165, 1.54) is 0 Å². The van der Waals surface area contributed by atoms with Gasteiger partial charge in [0.15, 0.2) is 0 Å². The molecular formula is C15H25BrN2O2S. The van der Waals surface area contributed by atoms with Crippen LogP contribution in [0.3, 0.4) is 0 Å². The highest BCUT2D eigenvalue weighted by molar-refractivity contribution is 9.10. The predicted molar refractivity (Wildman–Crippen MR) is 90.6 cm³/mol. The maximum Gasteiger partial charge on any atom is 0.241 e. The summed E-state index contributed by atoms with van der Waals surface area (Å²) in [6, 6.07) is 3.44. The Morgan fingerprint density at radius 1 is 1.24 bits per heavy atom. The molecule has 0 spiro atoms. The van der Waals surface area contributed by atoms with E-state index in [2.05, 4.69) is 34.5 Å². The molecule has 1 aromatic carbocycles. The van der Waals surface area contributed by atoms with Gasteiger partial charge < -0.3 is 5.73 Å². The molecule has 0 radical (unpaired) electrons. The van der Waals surface area contributed by atoms with Crippen LogP contribution in [0.1, 0.15) is 44.7 Å². The Labute approximate surface area is 136 Å². The van der Waals surface area contributed by atoms with Gasteiger partial charge in [0.05, 0.1) is 4.90 Å². The van der Waals surface area contributed by atoms with Gasteiger partial charge in [0.1, 0.15) is 0 Å². The van der Waals surface area contributed by atoms with E-state index < -0.39 is 10.0 Å². The number of rotatable bonds is 7. The second kappa shape index (κ2) is 7.72. The fraction of sp³-hybridized carbons (Fsp3) is 0.600. The maximum absolute atomic E-state index is 12.5. The van der Waals surface area contributed by atoms with E-state index >= 15 is 0 Å². The SMILES string of the molecule is Cc1cc(CN)cc(S(=O)(=O)NC(C)CCC(C)C)c1Br. The van der Waals surface area contributed by atoms with Crippen LogP contribution in [0.2, 0.25) is 0 Å². The fourth-order valence-corrected chi connectivity index (χ4v) is 4.44. The quantitative estimate of drug-likeness (QED) is 0.766. The Balaban J connectivity index is 3.00. The van der Waals surface area contributed by atoms with Crippen molar-refractivity contribution in [1.29, 1.82) is 0 Å². The number of nitrogens with two attached hydrogens (primary N) is 1. The first kappa shape index (κ1) is 18.6. The van der Waals surface area contributed by atoms with Gasteiger partial charge >= 0.3 is 0 Å². The molecule has 3 N–H and O–H groups in total. The van der Waals surface area contributed by atoms with Gasteiger partial charge in [-0.05, 0) is 65.7 Å². The largest absolute Gasteiger partial charge is 0.326 e. The van der Waals surface area contributed by atoms with Gasteiger partial charge in [-0.3, -0.25) is 0 Å². The lowest BCUT2D eigenvalue weighted by Gasteiger charge is -2.17. The Morgan fingerprint density at radius 3 is 2.38 bits per heavy atom. The summed E-state index contributed by atoms with van der Waals surface area (Å²) in [7, 11) is -3.55. The third-order valence-corrected chi connectivity index (χ3v) is 6.27. The smallest absolute Gasteiger partial charge is 0.241 e. The van der Waals surface area contributed by atoms with Gasteiger partial charge in [0, 0.05) is 17.1 Å². The van der Waals surface area contributed by atoms with Gasteiger partial charge in [0.2, 0.25) is 10.0 Å². The van der Waals surface area contributed by atoms with E-state index in [4.69, 9.17) is 5.73 Å². The lowest BCUT2D eigenvalue weighted by Crippen LogP contribution is -2.33. The molecule has 21 heavy (non-hydrogen) atoms. The minimum Gasteiger partial charge on any atom is -0.326 e. The van der Waals surface area contributed by atoms with E-state index in [1.54, 1.807) is 6.07 Å². The van der Waals surface area contributed by atoms with Crippen LogP contribution in [0.5, 0.6) is 0 Å². The summed E-state index contributed by atoms with van der Waals surface area (Å²) in [6.07, 6.45) is 1.82. The second-order valence-electron chi connectivity index (χ2n) is 5.92. The van der Waals surface area contributed by atoms with Gasteiger partial charge in [-0.1, -0.05) is 19.9 Å². The lowest BCUT2D eigenvalue weighted by atomic mass is 10.1. The third kappa shape index (κ3) is 5.36. The summed E-state index contributed by atoms with van der Waals surface area (Å²) < 4.78 is 28.4. The maximum atomic E-state index is 12.5. The van der Waals surface area contributed by atoms with Crippen LogP contribution >= 0.6 is 15.9 Å². The molecule has 1 unspecified atom stereocenters. The zero-order valence-corrected chi connectivity index (χ0v) is 15.5. The molecule has 0 fully saturated rings. The van der Waals surface area contributed by atoms with Crippen molar-refractivity contribution >= 4 is 26.0 Å². The van der Waals surface area contributed by atoms with Crippen LogP contribution in [0.4, 0.5) is 0 Å². The Bertz CT molecular complexity index is 586. The standard InChI is InChI=1S/C15H25BrN2O2S/c1-10(2)5-6-12(4)18-21(19,20)14-8-13(9-17)7-11(3)15(14)16/h7-8,10,12,18H,5-6,9,17H2,1-4H3. The van der Waals surface area contributed by atoms with E-state index in [1.807, 2.05) is 19.9 Å². The van der Waals surface area contributed by atoms with Crippen LogP contribution in [0.15, 0.2) is 21.5 Å². The Kier molecular flexibility index (Phi) is 6.84. The molecule has 1 aromatic rings. The molecule has 0 aliphatic heterocycles. The summed E-state index contributed by atoms with van der Waals surface area (Å²) in [4.78, 5) is 0.263. The minimum atomic E-state index is -3.55. The summed E-state index contributed by atoms with van der Waals surface area (Å²) in [5, 5.41) is 0. The van der Waals surface area contributed by atoms with Crippen molar-refractivity contribution in [3.63, 3.8) is 0 Å². The number of benzene rings is 1. The van der Waals surface area contributed by atoms with E-state index in [0.29, 0.717) is 16.9 Å². The molecule has 0 saturated carbocycles. The van der Waals surface area contributed by atoms with Gasteiger partial charge in [-0.2, -0.15) is 0 Å². The van der Waals surface area contributed by atoms with E-state index in [0.717, 1.165) is 24.0 Å². The van der Waals surface area contributed by atoms with Crippen molar-refractivity contribution in [2.75, 3.05) is 0 Å². The van der Waals surface area contributed by atoms with E-state index in [9.17, 15) is 8.42 Å². The first-order valence-electron chi connectivity index (χ1n) is 7.18. The summed E-state index contributed by atoms with van der Waals surface area (Å²) in [5.41, 5.74) is 7.31. The molecule has 0 amide bonds. The molecule has 6 heteroatoms. The topological polar surface area (TPSA) is 72.2 Å². The zero-order valence-electron chi connectivity index (χ0n) is 13.1. The number of halogens is 1. The first-order valence-corrected chi connectivity index (χ1v) is 9.46. The number of aryl methyl sites for hydroxylation is 1. The van der Waals surface area contributed by atoms with Crippen LogP contribution in [0.25, 0.3) is 0 Å². The summed E-state index contributed by atoms with van der Waals surface area (Å²) in [5.74, 6) is 0.562. The number of hydrogen-bond donors (Lipinski definition) is 2. The van der Waals surface area contributed by atoms with Crippen molar-refractivity contribution < 1.29 is 8.42 Å². The van der Waals surface area contributed by atoms with Gasteiger partial charge in [-0.15, -0.1) is 0 Å². The van der Waals surface area contributed by atoms with Crippen molar-refractivity contribution in [1.82, 2.24) is 4.72 Å². The average molecular weight is 377 g/mol. The van der Waals surface area contributed by atoms with Crippen molar-refractivity contribution in [2.24, 2.45) is 11.7 Å².